The van der Waals surface area contributed by atoms with Gasteiger partial charge < -0.3 is 9.47 Å². The maximum Gasteiger partial charge on any atom is 0.270 e. The largest absolute Gasteiger partial charge is 0.340 e. The quantitative estimate of drug-likeness (QED) is 0.919. The number of anilines is 1. The molecule has 0 spiro atoms. The van der Waals surface area contributed by atoms with Crippen molar-refractivity contribution in [3.05, 3.63) is 48.0 Å². The minimum absolute atomic E-state index is 0.0132. The van der Waals surface area contributed by atoms with Crippen LogP contribution < -0.4 is 4.72 Å². The summed E-state index contributed by atoms with van der Waals surface area (Å²) in [5.74, 6) is -0.724. The zero-order valence-electron chi connectivity index (χ0n) is 13.4. The van der Waals surface area contributed by atoms with Crippen molar-refractivity contribution in [1.82, 2.24) is 9.47 Å². The molecule has 0 radical (unpaired) electrons. The van der Waals surface area contributed by atoms with Crippen LogP contribution in [0.1, 0.15) is 24.3 Å². The van der Waals surface area contributed by atoms with E-state index in [0.29, 0.717) is 18.8 Å². The van der Waals surface area contributed by atoms with Gasteiger partial charge in [0, 0.05) is 25.3 Å². The Morgan fingerprint density at radius 2 is 1.96 bits per heavy atom. The molecule has 1 aromatic heterocycles. The molecule has 2 aromatic rings. The fraction of sp³-hybridized carbons (Fsp3) is 0.312. The number of carbonyl (C=O) groups excluding carboxylic acids is 1. The number of sulfonamides is 1. The Morgan fingerprint density at radius 3 is 2.62 bits per heavy atom. The van der Waals surface area contributed by atoms with Gasteiger partial charge in [0.15, 0.2) is 0 Å². The number of fused-ring (bicyclic) bond motifs is 1. The summed E-state index contributed by atoms with van der Waals surface area (Å²) in [6, 6.07) is 6.61. The van der Waals surface area contributed by atoms with E-state index >= 15 is 0 Å². The fourth-order valence-electron chi connectivity index (χ4n) is 2.72. The van der Waals surface area contributed by atoms with Crippen molar-refractivity contribution in [1.29, 1.82) is 0 Å². The van der Waals surface area contributed by atoms with Crippen LogP contribution in [0.4, 0.5) is 10.1 Å². The summed E-state index contributed by atoms with van der Waals surface area (Å²) < 4.78 is 42.1. The van der Waals surface area contributed by atoms with Crippen molar-refractivity contribution in [2.24, 2.45) is 0 Å². The Bertz CT molecular complexity index is 890. The van der Waals surface area contributed by atoms with Crippen LogP contribution in [-0.4, -0.2) is 36.4 Å². The lowest BCUT2D eigenvalue weighted by Crippen LogP contribution is -2.43. The summed E-state index contributed by atoms with van der Waals surface area (Å²) in [4.78, 5) is 14.1. The molecule has 0 fully saturated rings. The van der Waals surface area contributed by atoms with Crippen LogP contribution in [0.3, 0.4) is 0 Å². The first-order chi connectivity index (χ1) is 11.3. The van der Waals surface area contributed by atoms with Gasteiger partial charge in [0.05, 0.1) is 5.69 Å². The van der Waals surface area contributed by atoms with Crippen molar-refractivity contribution in [2.75, 3.05) is 11.3 Å². The Hall–Kier alpha value is -2.35. The highest BCUT2D eigenvalue weighted by Gasteiger charge is 2.29. The average molecular weight is 351 g/mol. The topological polar surface area (TPSA) is 71.4 Å². The maximum atomic E-state index is 13.2. The van der Waals surface area contributed by atoms with Gasteiger partial charge in [0.1, 0.15) is 16.4 Å². The predicted molar refractivity (Wildman–Crippen MR) is 87.8 cm³/mol. The molecule has 0 bridgehead atoms. The molecule has 1 aliphatic rings. The van der Waals surface area contributed by atoms with Gasteiger partial charge in [0.2, 0.25) is 0 Å². The smallest absolute Gasteiger partial charge is 0.270 e. The first-order valence-corrected chi connectivity index (χ1v) is 9.06. The number of carbonyl (C=O) groups is 1. The van der Waals surface area contributed by atoms with Gasteiger partial charge in [-0.2, -0.15) is 0 Å². The average Bonchev–Trinajstić information content (AvgIpc) is 2.92. The van der Waals surface area contributed by atoms with Crippen LogP contribution in [0.25, 0.3) is 0 Å². The van der Waals surface area contributed by atoms with Crippen molar-refractivity contribution in [2.45, 2.75) is 31.3 Å². The van der Waals surface area contributed by atoms with Crippen LogP contribution in [0, 0.1) is 5.82 Å². The number of nitrogens with zero attached hydrogens (tertiary/aromatic N) is 2. The van der Waals surface area contributed by atoms with Crippen molar-refractivity contribution in [3.63, 3.8) is 0 Å². The second-order valence-corrected chi connectivity index (χ2v) is 7.64. The molecule has 0 unspecified atom stereocenters. The number of benzene rings is 1. The Kier molecular flexibility index (Phi) is 4.08. The van der Waals surface area contributed by atoms with E-state index in [9.17, 15) is 17.6 Å². The van der Waals surface area contributed by atoms with Crippen LogP contribution in [-0.2, 0) is 16.6 Å². The lowest BCUT2D eigenvalue weighted by Gasteiger charge is -2.31. The van der Waals surface area contributed by atoms with Crippen molar-refractivity contribution >= 4 is 21.6 Å². The van der Waals surface area contributed by atoms with Gasteiger partial charge in [0.25, 0.3) is 15.9 Å². The number of amides is 1. The van der Waals surface area contributed by atoms with Crippen LogP contribution >= 0.6 is 0 Å². The van der Waals surface area contributed by atoms with Gasteiger partial charge in [-0.25, -0.2) is 12.8 Å². The zero-order chi connectivity index (χ0) is 17.5. The van der Waals surface area contributed by atoms with Crippen LogP contribution in [0.5, 0.6) is 0 Å². The molecule has 1 N–H and O–H groups in total. The molecule has 0 saturated heterocycles. The second-order valence-electron chi connectivity index (χ2n) is 5.96. The van der Waals surface area contributed by atoms with E-state index < -0.39 is 15.8 Å². The molecule has 3 rings (SSSR count). The number of halogens is 1. The second kappa shape index (κ2) is 5.94. The summed E-state index contributed by atoms with van der Waals surface area (Å²) in [7, 11) is -3.89. The molecule has 1 aromatic carbocycles. The normalized spacial score (nSPS) is 14.8. The SMILES string of the molecule is CC(C)N1CCn2cc(S(=O)(=O)Nc3cccc(F)c3)cc2C1=O. The van der Waals surface area contributed by atoms with Gasteiger partial charge in [-0.3, -0.25) is 9.52 Å². The van der Waals surface area contributed by atoms with E-state index in [1.165, 1.54) is 30.5 Å². The van der Waals surface area contributed by atoms with Crippen molar-refractivity contribution < 1.29 is 17.6 Å². The summed E-state index contributed by atoms with van der Waals surface area (Å²) in [6.45, 7) is 4.91. The molecule has 0 saturated carbocycles. The zero-order valence-corrected chi connectivity index (χ0v) is 14.2. The molecule has 1 aliphatic heterocycles. The molecule has 2 heterocycles. The Balaban J connectivity index is 1.91. The van der Waals surface area contributed by atoms with Gasteiger partial charge in [-0.05, 0) is 38.1 Å². The van der Waals surface area contributed by atoms with E-state index in [1.54, 1.807) is 9.47 Å². The minimum atomic E-state index is -3.89. The monoisotopic (exact) mass is 351 g/mol. The maximum absolute atomic E-state index is 13.2. The standard InChI is InChI=1S/C16H18FN3O3S/c1-11(2)20-7-6-19-10-14(9-15(19)16(20)21)24(22,23)18-13-5-3-4-12(17)8-13/h3-5,8-11,18H,6-7H2,1-2H3. The summed E-state index contributed by atoms with van der Waals surface area (Å²) in [5, 5.41) is 0. The molecular formula is C16H18FN3O3S. The van der Waals surface area contributed by atoms with E-state index in [-0.39, 0.29) is 22.5 Å². The number of hydrogen-bond donors (Lipinski definition) is 1. The first-order valence-electron chi connectivity index (χ1n) is 7.57. The summed E-state index contributed by atoms with van der Waals surface area (Å²) >= 11 is 0. The number of nitrogens with one attached hydrogen (secondary N) is 1. The third-order valence-corrected chi connectivity index (χ3v) is 5.29. The molecule has 0 atom stereocenters. The third kappa shape index (κ3) is 3.01. The number of rotatable bonds is 4. The molecular weight excluding hydrogens is 333 g/mol. The highest BCUT2D eigenvalue weighted by molar-refractivity contribution is 7.92. The highest BCUT2D eigenvalue weighted by Crippen LogP contribution is 2.23. The van der Waals surface area contributed by atoms with Gasteiger partial charge >= 0.3 is 0 Å². The van der Waals surface area contributed by atoms with Crippen LogP contribution in [0.15, 0.2) is 41.4 Å². The van der Waals surface area contributed by atoms with Gasteiger partial charge in [-0.15, -0.1) is 0 Å². The van der Waals surface area contributed by atoms with E-state index in [1.807, 2.05) is 13.8 Å². The van der Waals surface area contributed by atoms with Gasteiger partial charge in [-0.1, -0.05) is 6.07 Å². The molecule has 6 nitrogen and oxygen atoms in total. The van der Waals surface area contributed by atoms with E-state index in [2.05, 4.69) is 4.72 Å². The Labute approximate surface area is 139 Å². The predicted octanol–water partition coefficient (Wildman–Crippen LogP) is 2.29. The Morgan fingerprint density at radius 1 is 1.21 bits per heavy atom. The lowest BCUT2D eigenvalue weighted by atomic mass is 10.2. The van der Waals surface area contributed by atoms with E-state index in [4.69, 9.17) is 0 Å². The number of hydrogen-bond acceptors (Lipinski definition) is 3. The molecule has 8 heteroatoms. The minimum Gasteiger partial charge on any atom is -0.340 e. The van der Waals surface area contributed by atoms with Crippen molar-refractivity contribution in [3.8, 4) is 0 Å². The van der Waals surface area contributed by atoms with Crippen LogP contribution in [0.2, 0.25) is 0 Å². The third-order valence-electron chi connectivity index (χ3n) is 3.94. The fourth-order valence-corrected chi connectivity index (χ4v) is 3.81. The summed E-state index contributed by atoms with van der Waals surface area (Å²) in [5.41, 5.74) is 0.476. The molecule has 0 aliphatic carbocycles. The highest BCUT2D eigenvalue weighted by atomic mass is 32.2. The number of aromatic nitrogens is 1. The van der Waals surface area contributed by atoms with E-state index in [0.717, 1.165) is 6.07 Å². The first kappa shape index (κ1) is 16.5. The molecule has 128 valence electrons. The lowest BCUT2D eigenvalue weighted by molar-refractivity contribution is 0.0649. The molecule has 1 amide bonds. The molecule has 24 heavy (non-hydrogen) atoms. The summed E-state index contributed by atoms with van der Waals surface area (Å²) in [6.07, 6.45) is 1.44.